The van der Waals surface area contributed by atoms with E-state index >= 15 is 0 Å². The summed E-state index contributed by atoms with van der Waals surface area (Å²) in [5.41, 5.74) is 0.741. The first-order valence-corrected chi connectivity index (χ1v) is 12.0. The molecule has 0 amide bonds. The summed E-state index contributed by atoms with van der Waals surface area (Å²) in [6, 6.07) is 0. The summed E-state index contributed by atoms with van der Waals surface area (Å²) in [6.07, 6.45) is 13.3. The molecule has 2 N–H and O–H groups in total. The van der Waals surface area contributed by atoms with Crippen molar-refractivity contribution in [2.75, 3.05) is 6.61 Å². The minimum atomic E-state index is -0.697. The third-order valence-corrected chi connectivity index (χ3v) is 9.79. The van der Waals surface area contributed by atoms with Gasteiger partial charge in [0.2, 0.25) is 0 Å². The van der Waals surface area contributed by atoms with Crippen LogP contribution in [0.1, 0.15) is 77.6 Å². The molecule has 0 aliphatic heterocycles. The number of hydrogen-bond donors (Lipinski definition) is 2. The van der Waals surface area contributed by atoms with Crippen molar-refractivity contribution in [3.05, 3.63) is 12.2 Å². The van der Waals surface area contributed by atoms with Crippen molar-refractivity contribution in [2.45, 2.75) is 83.2 Å². The number of rotatable bonds is 2. The number of fused-ring (bicyclic) bond motifs is 5. The van der Waals surface area contributed by atoms with Gasteiger partial charge in [0.1, 0.15) is 5.60 Å². The molecular weight excluding hydrogens is 344 g/mol. The Kier molecular flexibility index (Phi) is 4.72. The standard InChI is InChI=1S/C26H38O2/c1-17(16-27)23-7-8-24-22-6-5-19-15-26(28,13-9-18-3-4-18)14-11-20(19)21(22)10-12-25(23,24)2/h18-24,27-28H,1,3-8,10-12,14-16H2,2H3/t19-,20-,21+,22+,23+,24-,25+,26-/m0/s1. The van der Waals surface area contributed by atoms with Gasteiger partial charge in [-0.25, -0.2) is 0 Å². The fourth-order valence-electron chi connectivity index (χ4n) is 8.24. The first-order valence-electron chi connectivity index (χ1n) is 12.0. The molecule has 2 heteroatoms. The van der Waals surface area contributed by atoms with Gasteiger partial charge in [-0.3, -0.25) is 0 Å². The van der Waals surface area contributed by atoms with Crippen molar-refractivity contribution in [3.8, 4) is 11.8 Å². The molecule has 2 nitrogen and oxygen atoms in total. The van der Waals surface area contributed by atoms with Crippen LogP contribution in [0.5, 0.6) is 0 Å². The zero-order chi connectivity index (χ0) is 19.5. The summed E-state index contributed by atoms with van der Waals surface area (Å²) < 4.78 is 0. The molecule has 8 atom stereocenters. The van der Waals surface area contributed by atoms with Crippen LogP contribution in [0.3, 0.4) is 0 Å². The van der Waals surface area contributed by atoms with Gasteiger partial charge in [-0.05, 0) is 117 Å². The van der Waals surface area contributed by atoms with Gasteiger partial charge in [0.15, 0.2) is 0 Å². The van der Waals surface area contributed by atoms with Crippen molar-refractivity contribution in [1.29, 1.82) is 0 Å². The van der Waals surface area contributed by atoms with Crippen LogP contribution in [0.2, 0.25) is 0 Å². The third kappa shape index (κ3) is 3.09. The van der Waals surface area contributed by atoms with E-state index < -0.39 is 5.60 Å². The Morgan fingerprint density at radius 2 is 1.75 bits per heavy atom. The van der Waals surface area contributed by atoms with E-state index in [1.807, 2.05) is 0 Å². The van der Waals surface area contributed by atoms with E-state index in [1.165, 1.54) is 57.8 Å². The first kappa shape index (κ1) is 19.2. The predicted molar refractivity (Wildman–Crippen MR) is 112 cm³/mol. The SMILES string of the molecule is C=C(CO)[C@H]1CC[C@H]2[C@@H]3CC[C@H]4C[C@](O)(C#CC5CC5)CC[C@@H]4[C@H]3CC[C@]12C. The molecule has 0 spiro atoms. The Morgan fingerprint density at radius 1 is 0.964 bits per heavy atom. The number of aliphatic hydroxyl groups is 2. The molecule has 5 saturated carbocycles. The van der Waals surface area contributed by atoms with E-state index in [0.29, 0.717) is 23.2 Å². The highest BCUT2D eigenvalue weighted by Gasteiger charge is 2.57. The molecule has 5 fully saturated rings. The summed E-state index contributed by atoms with van der Waals surface area (Å²) in [4.78, 5) is 0. The molecule has 28 heavy (non-hydrogen) atoms. The van der Waals surface area contributed by atoms with E-state index in [1.54, 1.807) is 0 Å². The maximum Gasteiger partial charge on any atom is 0.125 e. The lowest BCUT2D eigenvalue weighted by molar-refractivity contribution is -0.0876. The van der Waals surface area contributed by atoms with Crippen molar-refractivity contribution in [1.82, 2.24) is 0 Å². The smallest absolute Gasteiger partial charge is 0.125 e. The highest BCUT2D eigenvalue weighted by Crippen LogP contribution is 2.65. The van der Waals surface area contributed by atoms with Crippen molar-refractivity contribution in [3.63, 3.8) is 0 Å². The van der Waals surface area contributed by atoms with Crippen LogP contribution in [0.4, 0.5) is 0 Å². The van der Waals surface area contributed by atoms with Crippen LogP contribution in [-0.2, 0) is 0 Å². The summed E-state index contributed by atoms with van der Waals surface area (Å²) in [5, 5.41) is 20.8. The van der Waals surface area contributed by atoms with E-state index in [9.17, 15) is 10.2 Å². The normalized spacial score (nSPS) is 50.0. The Hall–Kier alpha value is -0.780. The van der Waals surface area contributed by atoms with Gasteiger partial charge in [0.05, 0.1) is 6.61 Å². The molecule has 154 valence electrons. The van der Waals surface area contributed by atoms with Crippen LogP contribution in [0, 0.1) is 58.7 Å². The van der Waals surface area contributed by atoms with E-state index in [2.05, 4.69) is 25.3 Å². The molecule has 0 aromatic rings. The molecule has 5 rings (SSSR count). The van der Waals surface area contributed by atoms with Crippen LogP contribution < -0.4 is 0 Å². The van der Waals surface area contributed by atoms with Crippen molar-refractivity contribution < 1.29 is 10.2 Å². The van der Waals surface area contributed by atoms with E-state index in [0.717, 1.165) is 42.1 Å². The van der Waals surface area contributed by atoms with Gasteiger partial charge in [-0.2, -0.15) is 0 Å². The quantitative estimate of drug-likeness (QED) is 0.524. The minimum Gasteiger partial charge on any atom is -0.392 e. The maximum absolute atomic E-state index is 11.1. The number of hydrogen-bond acceptors (Lipinski definition) is 2. The predicted octanol–water partition coefficient (Wildman–Crippen LogP) is 4.95. The lowest BCUT2D eigenvalue weighted by atomic mass is 9.48. The molecule has 0 heterocycles. The third-order valence-electron chi connectivity index (χ3n) is 9.79. The zero-order valence-electron chi connectivity index (χ0n) is 17.6. The van der Waals surface area contributed by atoms with Crippen LogP contribution >= 0.6 is 0 Å². The monoisotopic (exact) mass is 382 g/mol. The van der Waals surface area contributed by atoms with Crippen molar-refractivity contribution >= 4 is 0 Å². The summed E-state index contributed by atoms with van der Waals surface area (Å²) in [6.45, 7) is 6.89. The topological polar surface area (TPSA) is 40.5 Å². The van der Waals surface area contributed by atoms with E-state index in [-0.39, 0.29) is 6.61 Å². The molecule has 5 aliphatic rings. The van der Waals surface area contributed by atoms with Crippen LogP contribution in [0.15, 0.2) is 12.2 Å². The molecular formula is C26H38O2. The first-order chi connectivity index (χ1) is 13.4. The Morgan fingerprint density at radius 3 is 2.50 bits per heavy atom. The maximum atomic E-state index is 11.1. The van der Waals surface area contributed by atoms with Gasteiger partial charge < -0.3 is 10.2 Å². The molecule has 0 radical (unpaired) electrons. The van der Waals surface area contributed by atoms with Gasteiger partial charge in [-0.15, -0.1) is 0 Å². The summed E-state index contributed by atoms with van der Waals surface area (Å²) >= 11 is 0. The second kappa shape index (κ2) is 6.88. The fourth-order valence-corrected chi connectivity index (χ4v) is 8.24. The molecule has 0 aromatic heterocycles. The van der Waals surface area contributed by atoms with Crippen LogP contribution in [-0.4, -0.2) is 22.4 Å². The second-order valence-electron chi connectivity index (χ2n) is 11.2. The van der Waals surface area contributed by atoms with Gasteiger partial charge >= 0.3 is 0 Å². The molecule has 5 aliphatic carbocycles. The van der Waals surface area contributed by atoms with Gasteiger partial charge in [-0.1, -0.05) is 25.3 Å². The zero-order valence-corrected chi connectivity index (χ0v) is 17.6. The number of aliphatic hydroxyl groups excluding tert-OH is 1. The second-order valence-corrected chi connectivity index (χ2v) is 11.2. The molecule has 0 bridgehead atoms. The largest absolute Gasteiger partial charge is 0.392 e. The fraction of sp³-hybridized carbons (Fsp3) is 0.846. The summed E-state index contributed by atoms with van der Waals surface area (Å²) in [7, 11) is 0. The Balaban J connectivity index is 1.31. The van der Waals surface area contributed by atoms with Crippen molar-refractivity contribution in [2.24, 2.45) is 46.8 Å². The average Bonchev–Trinajstić information content (AvgIpc) is 3.45. The van der Waals surface area contributed by atoms with Crippen LogP contribution in [0.25, 0.3) is 0 Å². The average molecular weight is 383 g/mol. The van der Waals surface area contributed by atoms with E-state index in [4.69, 9.17) is 0 Å². The van der Waals surface area contributed by atoms with Gasteiger partial charge in [0.25, 0.3) is 0 Å². The molecule has 0 aromatic carbocycles. The molecule has 0 unspecified atom stereocenters. The Bertz CT molecular complexity index is 697. The lowest BCUT2D eigenvalue weighted by Gasteiger charge is -2.57. The lowest BCUT2D eigenvalue weighted by Crippen LogP contribution is -2.50. The van der Waals surface area contributed by atoms with Gasteiger partial charge in [0, 0.05) is 5.92 Å². The highest BCUT2D eigenvalue weighted by atomic mass is 16.3. The Labute approximate surface area is 171 Å². The highest BCUT2D eigenvalue weighted by molar-refractivity contribution is 5.21. The summed E-state index contributed by atoms with van der Waals surface area (Å²) in [5.74, 6) is 11.8. The molecule has 0 saturated heterocycles. The minimum absolute atomic E-state index is 0.159.